The third-order valence-electron chi connectivity index (χ3n) is 7.66. The number of hydrogen-bond donors (Lipinski definition) is 1. The Bertz CT molecular complexity index is 1260. The molecule has 2 fully saturated rings. The number of hydrogen-bond acceptors (Lipinski definition) is 7. The second-order valence-corrected chi connectivity index (χ2v) is 10.4. The van der Waals surface area contributed by atoms with Crippen LogP contribution in [0, 0.1) is 22.0 Å². The molecule has 0 amide bonds. The Labute approximate surface area is 224 Å². The second kappa shape index (κ2) is 11.5. The predicted octanol–water partition coefficient (Wildman–Crippen LogP) is 7.43. The normalized spacial score (nSPS) is 21.9. The molecule has 0 bridgehead atoms. The van der Waals surface area contributed by atoms with Crippen molar-refractivity contribution < 1.29 is 27.2 Å². The van der Waals surface area contributed by atoms with Crippen LogP contribution in [0.3, 0.4) is 0 Å². The first kappa shape index (κ1) is 26.8. The van der Waals surface area contributed by atoms with Crippen molar-refractivity contribution in [2.45, 2.75) is 57.3 Å². The maximum atomic E-state index is 12.6. The summed E-state index contributed by atoms with van der Waals surface area (Å²) in [5.41, 5.74) is 1.56. The standard InChI is InChI=1S/C28H31F3N4O4/c29-28(30,31)39-24-8-3-7-21(16-24)26-17-32-27(38-26)33-25-9-2-1-6-20(25)15-19-5-4-14-34(18-19)22-10-12-23(13-11-22)35(36)37/h3,7-8,10-13,16-17,19-20,25H,1-2,4-6,9,14-15,18H2,(H,32,33)/t19-,20+,25-/m1/s1. The zero-order chi connectivity index (χ0) is 27.4. The van der Waals surface area contributed by atoms with Gasteiger partial charge < -0.3 is 19.4 Å². The van der Waals surface area contributed by atoms with E-state index in [2.05, 4.69) is 19.9 Å². The lowest BCUT2D eigenvalue weighted by atomic mass is 9.77. The van der Waals surface area contributed by atoms with E-state index in [9.17, 15) is 23.3 Å². The van der Waals surface area contributed by atoms with Gasteiger partial charge in [-0.2, -0.15) is 0 Å². The monoisotopic (exact) mass is 544 g/mol. The lowest BCUT2D eigenvalue weighted by Gasteiger charge is -2.39. The summed E-state index contributed by atoms with van der Waals surface area (Å²) in [6.07, 6.45) is 4.41. The molecule has 5 rings (SSSR count). The fourth-order valence-corrected chi connectivity index (χ4v) is 5.86. The molecule has 1 saturated heterocycles. The molecule has 39 heavy (non-hydrogen) atoms. The Morgan fingerprint density at radius 1 is 1.10 bits per heavy atom. The number of nitro benzene ring substituents is 1. The Hall–Kier alpha value is -3.76. The van der Waals surface area contributed by atoms with E-state index in [0.29, 0.717) is 29.2 Å². The Morgan fingerprint density at radius 3 is 2.67 bits per heavy atom. The number of benzene rings is 2. The Kier molecular flexibility index (Phi) is 7.94. The van der Waals surface area contributed by atoms with E-state index < -0.39 is 6.36 Å². The summed E-state index contributed by atoms with van der Waals surface area (Å²) in [6, 6.07) is 13.0. The van der Waals surface area contributed by atoms with E-state index >= 15 is 0 Å². The molecule has 3 atom stereocenters. The molecule has 0 spiro atoms. The van der Waals surface area contributed by atoms with Gasteiger partial charge in [-0.25, -0.2) is 4.98 Å². The van der Waals surface area contributed by atoms with Crippen LogP contribution >= 0.6 is 0 Å². The third kappa shape index (κ3) is 7.01. The van der Waals surface area contributed by atoms with Crippen LogP contribution in [0.15, 0.2) is 59.1 Å². The summed E-state index contributed by atoms with van der Waals surface area (Å²) < 4.78 is 47.7. The number of oxazole rings is 1. The fourth-order valence-electron chi connectivity index (χ4n) is 5.86. The number of nitro groups is 1. The summed E-state index contributed by atoms with van der Waals surface area (Å²) in [5.74, 6) is 1.01. The highest BCUT2D eigenvalue weighted by Gasteiger charge is 2.32. The van der Waals surface area contributed by atoms with E-state index in [1.165, 1.54) is 30.8 Å². The molecule has 2 heterocycles. The zero-order valence-electron chi connectivity index (χ0n) is 21.4. The molecular weight excluding hydrogens is 513 g/mol. The first-order chi connectivity index (χ1) is 18.7. The molecule has 2 aromatic carbocycles. The summed E-state index contributed by atoms with van der Waals surface area (Å²) in [7, 11) is 0. The van der Waals surface area contributed by atoms with E-state index in [1.54, 1.807) is 18.2 Å². The number of nitrogens with one attached hydrogen (secondary N) is 1. The van der Waals surface area contributed by atoms with E-state index in [1.807, 2.05) is 12.1 Å². The van der Waals surface area contributed by atoms with Gasteiger partial charge in [0, 0.05) is 42.5 Å². The molecule has 3 aromatic rings. The summed E-state index contributed by atoms with van der Waals surface area (Å²) in [6.45, 7) is 1.86. The highest BCUT2D eigenvalue weighted by molar-refractivity contribution is 5.59. The van der Waals surface area contributed by atoms with Gasteiger partial charge in [0.1, 0.15) is 5.75 Å². The van der Waals surface area contributed by atoms with Crippen molar-refractivity contribution in [1.82, 2.24) is 4.98 Å². The van der Waals surface area contributed by atoms with Gasteiger partial charge in [-0.15, -0.1) is 13.2 Å². The third-order valence-corrected chi connectivity index (χ3v) is 7.66. The zero-order valence-corrected chi connectivity index (χ0v) is 21.4. The van der Waals surface area contributed by atoms with Gasteiger partial charge in [-0.3, -0.25) is 10.1 Å². The lowest BCUT2D eigenvalue weighted by Crippen LogP contribution is -2.39. The van der Waals surface area contributed by atoms with Gasteiger partial charge >= 0.3 is 6.36 Å². The minimum atomic E-state index is -4.76. The van der Waals surface area contributed by atoms with Gasteiger partial charge in [-0.05, 0) is 68.2 Å². The molecule has 1 aliphatic heterocycles. The van der Waals surface area contributed by atoms with Crippen molar-refractivity contribution in [1.29, 1.82) is 0 Å². The fraction of sp³-hybridized carbons (Fsp3) is 0.464. The molecule has 1 aromatic heterocycles. The average molecular weight is 545 g/mol. The van der Waals surface area contributed by atoms with Crippen LogP contribution in [0.25, 0.3) is 11.3 Å². The van der Waals surface area contributed by atoms with Crippen LogP contribution in [0.5, 0.6) is 5.75 Å². The van der Waals surface area contributed by atoms with E-state index in [4.69, 9.17) is 4.42 Å². The predicted molar refractivity (Wildman–Crippen MR) is 141 cm³/mol. The maximum absolute atomic E-state index is 12.6. The SMILES string of the molecule is O=[N+]([O-])c1ccc(N2CCC[C@H](C[C@@H]3CCCC[C@H]3Nc3ncc(-c4cccc(OC(F)(F)F)c4)o3)C2)cc1. The second-order valence-electron chi connectivity index (χ2n) is 10.4. The number of piperidine rings is 1. The number of anilines is 2. The molecule has 1 saturated carbocycles. The minimum Gasteiger partial charge on any atom is -0.424 e. The quantitative estimate of drug-likeness (QED) is 0.233. The first-order valence-electron chi connectivity index (χ1n) is 13.3. The highest BCUT2D eigenvalue weighted by atomic mass is 19.4. The molecule has 11 heteroatoms. The van der Waals surface area contributed by atoms with Crippen molar-refractivity contribution in [2.24, 2.45) is 11.8 Å². The van der Waals surface area contributed by atoms with Gasteiger partial charge in [0.2, 0.25) is 0 Å². The molecule has 2 aliphatic rings. The van der Waals surface area contributed by atoms with Crippen LogP contribution in [0.2, 0.25) is 0 Å². The molecule has 0 radical (unpaired) electrons. The van der Waals surface area contributed by atoms with Crippen molar-refractivity contribution >= 4 is 17.4 Å². The van der Waals surface area contributed by atoms with Crippen LogP contribution in [0.4, 0.5) is 30.6 Å². The molecule has 1 aliphatic carbocycles. The van der Waals surface area contributed by atoms with Crippen molar-refractivity contribution in [3.8, 4) is 17.1 Å². The number of rotatable bonds is 8. The average Bonchev–Trinajstić information content (AvgIpc) is 3.38. The Balaban J connectivity index is 1.21. The van der Waals surface area contributed by atoms with E-state index in [-0.39, 0.29) is 22.4 Å². The minimum absolute atomic E-state index is 0.0977. The first-order valence-corrected chi connectivity index (χ1v) is 13.3. The van der Waals surface area contributed by atoms with Gasteiger partial charge in [0.25, 0.3) is 11.7 Å². The molecular formula is C28H31F3N4O4. The highest BCUT2D eigenvalue weighted by Crippen LogP contribution is 2.36. The number of non-ortho nitro benzene ring substituents is 1. The summed E-state index contributed by atoms with van der Waals surface area (Å²) in [5, 5.41) is 14.4. The number of nitrogens with zero attached hydrogens (tertiary/aromatic N) is 3. The number of ether oxygens (including phenoxy) is 1. The molecule has 208 valence electrons. The van der Waals surface area contributed by atoms with Crippen molar-refractivity contribution in [3.63, 3.8) is 0 Å². The van der Waals surface area contributed by atoms with Crippen LogP contribution in [-0.2, 0) is 0 Å². The molecule has 8 nitrogen and oxygen atoms in total. The number of alkyl halides is 3. The van der Waals surface area contributed by atoms with E-state index in [0.717, 1.165) is 57.3 Å². The maximum Gasteiger partial charge on any atom is 0.573 e. The van der Waals surface area contributed by atoms with Gasteiger partial charge in [0.15, 0.2) is 5.76 Å². The summed E-state index contributed by atoms with van der Waals surface area (Å²) in [4.78, 5) is 17.3. The topological polar surface area (TPSA) is 93.7 Å². The molecule has 1 N–H and O–H groups in total. The Morgan fingerprint density at radius 2 is 1.90 bits per heavy atom. The number of aromatic nitrogens is 1. The lowest BCUT2D eigenvalue weighted by molar-refractivity contribution is -0.384. The summed E-state index contributed by atoms with van der Waals surface area (Å²) >= 11 is 0. The van der Waals surface area contributed by atoms with Crippen LogP contribution in [0.1, 0.15) is 44.9 Å². The molecule has 0 unspecified atom stereocenters. The smallest absolute Gasteiger partial charge is 0.424 e. The largest absolute Gasteiger partial charge is 0.573 e. The van der Waals surface area contributed by atoms with Crippen molar-refractivity contribution in [2.75, 3.05) is 23.3 Å². The number of halogens is 3. The van der Waals surface area contributed by atoms with Gasteiger partial charge in [0.05, 0.1) is 11.1 Å². The van der Waals surface area contributed by atoms with Crippen LogP contribution in [-0.4, -0.2) is 35.4 Å². The van der Waals surface area contributed by atoms with Crippen molar-refractivity contribution in [3.05, 3.63) is 64.8 Å². The van der Waals surface area contributed by atoms with Gasteiger partial charge in [-0.1, -0.05) is 25.0 Å². The van der Waals surface area contributed by atoms with Crippen LogP contribution < -0.4 is 15.0 Å².